The zero-order valence-corrected chi connectivity index (χ0v) is 19.5. The highest BCUT2D eigenvalue weighted by atomic mass is 19.1. The smallest absolute Gasteiger partial charge is 0.407 e. The molecule has 9 heteroatoms. The van der Waals surface area contributed by atoms with Crippen molar-refractivity contribution in [2.75, 3.05) is 13.7 Å². The average Bonchev–Trinajstić information content (AvgIpc) is 2.69. The number of hydrogen-bond donors (Lipinski definition) is 3. The summed E-state index contributed by atoms with van der Waals surface area (Å²) in [7, 11) is 1.36. The van der Waals surface area contributed by atoms with Crippen molar-refractivity contribution in [2.24, 2.45) is 5.73 Å². The molecule has 182 valence electrons. The van der Waals surface area contributed by atoms with Crippen LogP contribution in [0.4, 0.5) is 9.18 Å². The first kappa shape index (κ1) is 27.6. The van der Waals surface area contributed by atoms with Gasteiger partial charge in [0.15, 0.2) is 11.6 Å². The summed E-state index contributed by atoms with van der Waals surface area (Å²) in [5.41, 5.74) is 5.26. The third-order valence-electron chi connectivity index (χ3n) is 4.57. The number of hydrogen-bond acceptors (Lipinski definition) is 7. The molecule has 32 heavy (non-hydrogen) atoms. The van der Waals surface area contributed by atoms with E-state index in [1.54, 1.807) is 32.9 Å². The molecule has 0 aromatic heterocycles. The van der Waals surface area contributed by atoms with E-state index in [1.165, 1.54) is 13.2 Å². The Kier molecular flexibility index (Phi) is 12.0. The standard InChI is InChI=1S/C23H37FN2O6/c1-23(2,3)32-22(29)26-17(13-14-19(25)27)15-31-18-11-8-10-16(21(18)24)9-6-5-7-12-20(28)30-4/h8,10-11,17,19,27H,5-7,9,12-15,25H2,1-4H3,(H,26,29)/t17-,19?/m0/s1. The van der Waals surface area contributed by atoms with E-state index in [-0.39, 0.29) is 24.7 Å². The second-order valence-corrected chi connectivity index (χ2v) is 8.66. The van der Waals surface area contributed by atoms with E-state index in [0.717, 1.165) is 12.8 Å². The van der Waals surface area contributed by atoms with Crippen molar-refractivity contribution >= 4 is 12.1 Å². The Balaban J connectivity index is 2.65. The van der Waals surface area contributed by atoms with Crippen LogP contribution in [0.1, 0.15) is 64.9 Å². The van der Waals surface area contributed by atoms with E-state index < -0.39 is 29.8 Å². The molecule has 0 bridgehead atoms. The number of alkyl carbamates (subject to hydrolysis) is 1. The SMILES string of the molecule is COC(=O)CCCCCc1cccc(OC[C@H](CCC(N)O)NC(=O)OC(C)(C)C)c1F. The Hall–Kier alpha value is -2.39. The fourth-order valence-corrected chi connectivity index (χ4v) is 2.96. The van der Waals surface area contributed by atoms with Gasteiger partial charge >= 0.3 is 12.1 Å². The molecule has 2 atom stereocenters. The van der Waals surface area contributed by atoms with Gasteiger partial charge in [-0.05, 0) is 64.5 Å². The molecule has 0 saturated carbocycles. The Morgan fingerprint density at radius 1 is 1.19 bits per heavy atom. The van der Waals surface area contributed by atoms with E-state index >= 15 is 0 Å². The number of nitrogens with one attached hydrogen (secondary N) is 1. The van der Waals surface area contributed by atoms with Crippen molar-refractivity contribution < 1.29 is 33.3 Å². The minimum absolute atomic E-state index is 0.00847. The molecule has 0 aliphatic carbocycles. The molecule has 0 aliphatic rings. The quantitative estimate of drug-likeness (QED) is 0.236. The Morgan fingerprint density at radius 3 is 2.53 bits per heavy atom. The second kappa shape index (κ2) is 13.9. The van der Waals surface area contributed by atoms with Gasteiger partial charge in [0.1, 0.15) is 18.4 Å². The van der Waals surface area contributed by atoms with Crippen molar-refractivity contribution in [1.82, 2.24) is 5.32 Å². The Bertz CT molecular complexity index is 721. The minimum Gasteiger partial charge on any atom is -0.488 e. The van der Waals surface area contributed by atoms with Crippen LogP contribution in [0.3, 0.4) is 0 Å². The first-order chi connectivity index (χ1) is 15.0. The van der Waals surface area contributed by atoms with Crippen LogP contribution >= 0.6 is 0 Å². The number of amides is 1. The van der Waals surface area contributed by atoms with Crippen molar-refractivity contribution in [3.05, 3.63) is 29.6 Å². The van der Waals surface area contributed by atoms with Crippen LogP contribution in [0.25, 0.3) is 0 Å². The van der Waals surface area contributed by atoms with Crippen LogP contribution in [-0.4, -0.2) is 48.8 Å². The number of ether oxygens (including phenoxy) is 3. The van der Waals surface area contributed by atoms with Crippen LogP contribution in [0, 0.1) is 5.82 Å². The lowest BCUT2D eigenvalue weighted by Crippen LogP contribution is -2.43. The van der Waals surface area contributed by atoms with E-state index in [1.807, 2.05) is 0 Å². The summed E-state index contributed by atoms with van der Waals surface area (Å²) >= 11 is 0. The maximum Gasteiger partial charge on any atom is 0.407 e. The second-order valence-electron chi connectivity index (χ2n) is 8.66. The molecular weight excluding hydrogens is 419 g/mol. The molecule has 1 unspecified atom stereocenters. The van der Waals surface area contributed by atoms with Crippen LogP contribution < -0.4 is 15.8 Å². The van der Waals surface area contributed by atoms with Gasteiger partial charge in [-0.3, -0.25) is 4.79 Å². The molecule has 4 N–H and O–H groups in total. The number of benzene rings is 1. The summed E-state index contributed by atoms with van der Waals surface area (Å²) in [4.78, 5) is 23.2. The van der Waals surface area contributed by atoms with Gasteiger partial charge in [-0.2, -0.15) is 0 Å². The van der Waals surface area contributed by atoms with Crippen LogP contribution in [0.15, 0.2) is 18.2 Å². The number of rotatable bonds is 13. The summed E-state index contributed by atoms with van der Waals surface area (Å²) in [5, 5.41) is 12.0. The molecule has 1 aromatic rings. The number of aliphatic hydroxyl groups is 1. The Morgan fingerprint density at radius 2 is 1.91 bits per heavy atom. The number of methoxy groups -OCH3 is 1. The van der Waals surface area contributed by atoms with Crippen molar-refractivity contribution in [1.29, 1.82) is 0 Å². The van der Waals surface area contributed by atoms with Gasteiger partial charge in [0, 0.05) is 6.42 Å². The monoisotopic (exact) mass is 456 g/mol. The van der Waals surface area contributed by atoms with Crippen molar-refractivity contribution in [2.45, 2.75) is 83.6 Å². The highest BCUT2D eigenvalue weighted by Crippen LogP contribution is 2.23. The topological polar surface area (TPSA) is 120 Å². The fourth-order valence-electron chi connectivity index (χ4n) is 2.96. The van der Waals surface area contributed by atoms with Gasteiger partial charge in [0.2, 0.25) is 0 Å². The number of carbonyl (C=O) groups excluding carboxylic acids is 2. The first-order valence-corrected chi connectivity index (χ1v) is 10.9. The van der Waals surface area contributed by atoms with Gasteiger partial charge < -0.3 is 30.4 Å². The maximum atomic E-state index is 14.8. The van der Waals surface area contributed by atoms with E-state index in [4.69, 9.17) is 15.2 Å². The molecule has 0 aliphatic heterocycles. The minimum atomic E-state index is -1.03. The zero-order chi connectivity index (χ0) is 24.1. The largest absolute Gasteiger partial charge is 0.488 e. The average molecular weight is 457 g/mol. The molecule has 1 rings (SSSR count). The lowest BCUT2D eigenvalue weighted by atomic mass is 10.1. The molecule has 0 saturated heterocycles. The van der Waals surface area contributed by atoms with Crippen molar-refractivity contribution in [3.63, 3.8) is 0 Å². The van der Waals surface area contributed by atoms with E-state index in [9.17, 15) is 19.1 Å². The predicted octanol–water partition coefficient (Wildman–Crippen LogP) is 3.43. The number of unbranched alkanes of at least 4 members (excludes halogenated alkanes) is 2. The fraction of sp³-hybridized carbons (Fsp3) is 0.652. The number of carbonyl (C=O) groups is 2. The van der Waals surface area contributed by atoms with Crippen LogP contribution in [0.5, 0.6) is 5.75 Å². The molecule has 0 heterocycles. The van der Waals surface area contributed by atoms with Gasteiger partial charge in [-0.25, -0.2) is 9.18 Å². The molecule has 1 aromatic carbocycles. The normalized spacial score (nSPS) is 13.2. The maximum absolute atomic E-state index is 14.8. The van der Waals surface area contributed by atoms with E-state index in [0.29, 0.717) is 31.2 Å². The third kappa shape index (κ3) is 11.9. The van der Waals surface area contributed by atoms with Crippen LogP contribution in [0.2, 0.25) is 0 Å². The summed E-state index contributed by atoms with van der Waals surface area (Å²) < 4.78 is 30.3. The number of nitrogens with two attached hydrogens (primary N) is 1. The Labute approximate surface area is 189 Å². The molecule has 8 nitrogen and oxygen atoms in total. The third-order valence-corrected chi connectivity index (χ3v) is 4.57. The molecule has 0 fully saturated rings. The van der Waals surface area contributed by atoms with Gasteiger partial charge in [0.05, 0.1) is 13.2 Å². The lowest BCUT2D eigenvalue weighted by molar-refractivity contribution is -0.140. The first-order valence-electron chi connectivity index (χ1n) is 10.9. The predicted molar refractivity (Wildman–Crippen MR) is 119 cm³/mol. The molecular formula is C23H37FN2O6. The number of aliphatic hydroxyl groups excluding tert-OH is 1. The highest BCUT2D eigenvalue weighted by Gasteiger charge is 2.21. The molecule has 1 amide bonds. The lowest BCUT2D eigenvalue weighted by Gasteiger charge is -2.24. The van der Waals surface area contributed by atoms with Gasteiger partial charge in [0.25, 0.3) is 0 Å². The van der Waals surface area contributed by atoms with Gasteiger partial charge in [-0.1, -0.05) is 18.6 Å². The molecule has 0 spiro atoms. The number of esters is 1. The summed E-state index contributed by atoms with van der Waals surface area (Å²) in [5.74, 6) is -0.611. The summed E-state index contributed by atoms with van der Waals surface area (Å²) in [6.45, 7) is 5.24. The van der Waals surface area contributed by atoms with Crippen molar-refractivity contribution in [3.8, 4) is 5.75 Å². The zero-order valence-electron chi connectivity index (χ0n) is 19.5. The molecule has 0 radical (unpaired) electrons. The van der Waals surface area contributed by atoms with Gasteiger partial charge in [-0.15, -0.1) is 0 Å². The number of halogens is 1. The summed E-state index contributed by atoms with van der Waals surface area (Å²) in [6.07, 6.45) is 1.98. The highest BCUT2D eigenvalue weighted by molar-refractivity contribution is 5.69. The van der Waals surface area contributed by atoms with E-state index in [2.05, 4.69) is 10.1 Å². The van der Waals surface area contributed by atoms with Crippen LogP contribution in [-0.2, 0) is 20.7 Å². The summed E-state index contributed by atoms with van der Waals surface area (Å²) in [6, 6.07) is 4.41. The number of aryl methyl sites for hydroxylation is 1.